The minimum absolute atomic E-state index is 0.0643. The Labute approximate surface area is 141 Å². The maximum absolute atomic E-state index is 12.4. The molecule has 0 fully saturated rings. The summed E-state index contributed by atoms with van der Waals surface area (Å²) >= 11 is 0. The molecule has 3 aromatic rings. The van der Waals surface area contributed by atoms with Crippen LogP contribution in [0.5, 0.6) is 5.88 Å². The summed E-state index contributed by atoms with van der Waals surface area (Å²) in [4.78, 5) is 4.44. The fourth-order valence-corrected chi connectivity index (χ4v) is 3.18. The molecule has 122 valence electrons. The van der Waals surface area contributed by atoms with Crippen molar-refractivity contribution in [1.82, 2.24) is 4.98 Å². The summed E-state index contributed by atoms with van der Waals surface area (Å²) in [6, 6.07) is 19.6. The zero-order valence-electron chi connectivity index (χ0n) is 13.4. The molecular formula is C19H17NO3S. The van der Waals surface area contributed by atoms with E-state index in [2.05, 4.69) is 4.98 Å². The van der Waals surface area contributed by atoms with Crippen LogP contribution in [0.15, 0.2) is 71.6 Å². The third-order valence-corrected chi connectivity index (χ3v) is 4.76. The molecule has 0 spiro atoms. The number of pyridine rings is 1. The fourth-order valence-electron chi connectivity index (χ4n) is 2.30. The molecule has 0 saturated heterocycles. The molecule has 0 saturated carbocycles. The Hall–Kier alpha value is -2.66. The highest BCUT2D eigenvalue weighted by molar-refractivity contribution is 7.87. The first kappa shape index (κ1) is 16.2. The number of benzene rings is 2. The van der Waals surface area contributed by atoms with Crippen LogP contribution in [-0.2, 0) is 10.1 Å². The highest BCUT2D eigenvalue weighted by atomic mass is 32.2. The third kappa shape index (κ3) is 3.63. The number of aromatic nitrogens is 1. The summed E-state index contributed by atoms with van der Waals surface area (Å²) in [6.07, 6.45) is 0. The van der Waals surface area contributed by atoms with Gasteiger partial charge in [-0.1, -0.05) is 48.0 Å². The van der Waals surface area contributed by atoms with Crippen molar-refractivity contribution in [2.24, 2.45) is 0 Å². The van der Waals surface area contributed by atoms with E-state index in [-0.39, 0.29) is 10.8 Å². The molecule has 0 aliphatic carbocycles. The van der Waals surface area contributed by atoms with Crippen LogP contribution in [0.1, 0.15) is 11.1 Å². The summed E-state index contributed by atoms with van der Waals surface area (Å²) in [5.74, 6) is 0.0643. The average Bonchev–Trinajstić information content (AvgIpc) is 2.55. The molecular weight excluding hydrogens is 322 g/mol. The monoisotopic (exact) mass is 339 g/mol. The lowest BCUT2D eigenvalue weighted by Gasteiger charge is -2.09. The van der Waals surface area contributed by atoms with Crippen LogP contribution >= 0.6 is 0 Å². The summed E-state index contributed by atoms with van der Waals surface area (Å²) in [6.45, 7) is 3.77. The van der Waals surface area contributed by atoms with Gasteiger partial charge >= 0.3 is 10.1 Å². The summed E-state index contributed by atoms with van der Waals surface area (Å²) in [5.41, 5.74) is 3.43. The summed E-state index contributed by atoms with van der Waals surface area (Å²) < 4.78 is 30.1. The molecule has 3 rings (SSSR count). The second kappa shape index (κ2) is 6.45. The molecule has 5 heteroatoms. The molecule has 1 aromatic heterocycles. The van der Waals surface area contributed by atoms with Gasteiger partial charge in [0.15, 0.2) is 0 Å². The maximum atomic E-state index is 12.4. The number of rotatable bonds is 4. The first-order valence-electron chi connectivity index (χ1n) is 7.49. The molecule has 0 bridgehead atoms. The smallest absolute Gasteiger partial charge is 0.340 e. The predicted molar refractivity (Wildman–Crippen MR) is 93.4 cm³/mol. The molecule has 0 unspecified atom stereocenters. The Balaban J connectivity index is 1.95. The van der Waals surface area contributed by atoms with Gasteiger partial charge < -0.3 is 4.18 Å². The molecule has 0 N–H and O–H groups in total. The lowest BCUT2D eigenvalue weighted by Crippen LogP contribution is -2.11. The number of aryl methyl sites for hydroxylation is 2. The number of hydrogen-bond acceptors (Lipinski definition) is 4. The van der Waals surface area contributed by atoms with Crippen LogP contribution in [0, 0.1) is 13.8 Å². The van der Waals surface area contributed by atoms with Crippen LogP contribution in [0.3, 0.4) is 0 Å². The minimum Gasteiger partial charge on any atom is -0.358 e. The summed E-state index contributed by atoms with van der Waals surface area (Å²) in [7, 11) is -3.91. The Bertz CT molecular complexity index is 950. The van der Waals surface area contributed by atoms with Gasteiger partial charge in [-0.3, -0.25) is 0 Å². The van der Waals surface area contributed by atoms with Crippen molar-refractivity contribution in [3.63, 3.8) is 0 Å². The zero-order chi connectivity index (χ0) is 17.2. The lowest BCUT2D eigenvalue weighted by molar-refractivity contribution is 0.476. The Morgan fingerprint density at radius 3 is 2.17 bits per heavy atom. The van der Waals surface area contributed by atoms with Gasteiger partial charge in [-0.05, 0) is 37.6 Å². The highest BCUT2D eigenvalue weighted by Gasteiger charge is 2.18. The summed E-state index contributed by atoms with van der Waals surface area (Å²) in [5, 5.41) is 0. The quantitative estimate of drug-likeness (QED) is 0.671. The van der Waals surface area contributed by atoms with Gasteiger partial charge in [-0.2, -0.15) is 8.42 Å². The van der Waals surface area contributed by atoms with Crippen molar-refractivity contribution >= 4 is 10.1 Å². The largest absolute Gasteiger partial charge is 0.358 e. The van der Waals surface area contributed by atoms with Gasteiger partial charge in [0.05, 0.1) is 5.69 Å². The molecule has 1 heterocycles. The fraction of sp³-hybridized carbons (Fsp3) is 0.105. The second-order valence-corrected chi connectivity index (χ2v) is 7.13. The number of nitrogens with zero attached hydrogens (tertiary/aromatic N) is 1. The molecule has 4 nitrogen and oxygen atoms in total. The van der Waals surface area contributed by atoms with Crippen LogP contribution < -0.4 is 4.18 Å². The zero-order valence-corrected chi connectivity index (χ0v) is 14.2. The molecule has 0 radical (unpaired) electrons. The molecule has 0 aliphatic heterocycles. The molecule has 0 aliphatic rings. The Kier molecular flexibility index (Phi) is 4.36. The van der Waals surface area contributed by atoms with E-state index < -0.39 is 10.1 Å². The average molecular weight is 339 g/mol. The number of hydrogen-bond donors (Lipinski definition) is 0. The van der Waals surface area contributed by atoms with Crippen molar-refractivity contribution in [3.05, 3.63) is 77.9 Å². The van der Waals surface area contributed by atoms with Gasteiger partial charge in [0.2, 0.25) is 5.88 Å². The maximum Gasteiger partial charge on any atom is 0.340 e. The van der Waals surface area contributed by atoms with Gasteiger partial charge in [0, 0.05) is 11.6 Å². The van der Waals surface area contributed by atoms with E-state index >= 15 is 0 Å². The van der Waals surface area contributed by atoms with E-state index in [9.17, 15) is 8.42 Å². The molecule has 24 heavy (non-hydrogen) atoms. The van der Waals surface area contributed by atoms with E-state index in [4.69, 9.17) is 4.18 Å². The van der Waals surface area contributed by atoms with Crippen molar-refractivity contribution in [1.29, 1.82) is 0 Å². The van der Waals surface area contributed by atoms with Crippen LogP contribution in [0.25, 0.3) is 11.3 Å². The molecule has 2 aromatic carbocycles. The third-order valence-electron chi connectivity index (χ3n) is 3.52. The molecule has 0 amide bonds. The van der Waals surface area contributed by atoms with Crippen LogP contribution in [0.4, 0.5) is 0 Å². The van der Waals surface area contributed by atoms with Gasteiger partial charge in [-0.15, -0.1) is 0 Å². The van der Waals surface area contributed by atoms with E-state index in [1.165, 1.54) is 12.1 Å². The van der Waals surface area contributed by atoms with E-state index in [0.29, 0.717) is 5.69 Å². The normalized spacial score (nSPS) is 11.2. The topological polar surface area (TPSA) is 56.3 Å². The SMILES string of the molecule is Cc1ccc(S(=O)(=O)Oc2cc(C)cc(-c3ccccc3)n2)cc1. The van der Waals surface area contributed by atoms with Gasteiger partial charge in [0.1, 0.15) is 4.90 Å². The van der Waals surface area contributed by atoms with Crippen molar-refractivity contribution in [3.8, 4) is 17.1 Å². The molecule has 0 atom stereocenters. The van der Waals surface area contributed by atoms with Gasteiger partial charge in [-0.25, -0.2) is 4.98 Å². The van der Waals surface area contributed by atoms with Crippen LogP contribution in [-0.4, -0.2) is 13.4 Å². The van der Waals surface area contributed by atoms with Crippen LogP contribution in [0.2, 0.25) is 0 Å². The highest BCUT2D eigenvalue weighted by Crippen LogP contribution is 2.24. The van der Waals surface area contributed by atoms with Crippen molar-refractivity contribution < 1.29 is 12.6 Å². The minimum atomic E-state index is -3.91. The predicted octanol–water partition coefficient (Wildman–Crippen LogP) is 4.13. The van der Waals surface area contributed by atoms with E-state index in [1.807, 2.05) is 50.2 Å². The van der Waals surface area contributed by atoms with Gasteiger partial charge in [0.25, 0.3) is 0 Å². The van der Waals surface area contributed by atoms with Crippen molar-refractivity contribution in [2.75, 3.05) is 0 Å². The Morgan fingerprint density at radius 1 is 0.833 bits per heavy atom. The standard InChI is InChI=1S/C19H17NO3S/c1-14-8-10-17(11-9-14)24(21,22)23-19-13-15(2)12-18(20-19)16-6-4-3-5-7-16/h3-13H,1-2H3. The van der Waals surface area contributed by atoms with E-state index in [1.54, 1.807) is 18.2 Å². The Morgan fingerprint density at radius 2 is 1.50 bits per heavy atom. The first-order chi connectivity index (χ1) is 11.4. The first-order valence-corrected chi connectivity index (χ1v) is 8.90. The van der Waals surface area contributed by atoms with E-state index in [0.717, 1.165) is 16.7 Å². The second-order valence-electron chi connectivity index (χ2n) is 5.58. The lowest BCUT2D eigenvalue weighted by atomic mass is 10.1. The van der Waals surface area contributed by atoms with Crippen molar-refractivity contribution in [2.45, 2.75) is 18.7 Å².